The molecule has 1 N–H and O–H groups in total. The number of hydrogen-bond acceptors (Lipinski definition) is 3. The third-order valence-corrected chi connectivity index (χ3v) is 3.90. The molecule has 1 aliphatic carbocycles. The van der Waals surface area contributed by atoms with Gasteiger partial charge in [0.25, 0.3) is 5.91 Å². The maximum Gasteiger partial charge on any atom is 0.254 e. The molecule has 0 atom stereocenters. The van der Waals surface area contributed by atoms with Crippen molar-refractivity contribution in [2.45, 2.75) is 31.2 Å². The summed E-state index contributed by atoms with van der Waals surface area (Å²) in [6, 6.07) is 11.6. The van der Waals surface area contributed by atoms with E-state index in [9.17, 15) is 10.1 Å². The highest BCUT2D eigenvalue weighted by Crippen LogP contribution is 2.29. The number of fused-ring (bicyclic) bond motifs is 1. The summed E-state index contributed by atoms with van der Waals surface area (Å²) in [6.45, 7) is 0. The summed E-state index contributed by atoms with van der Waals surface area (Å²) in [5, 5.41) is 13.2. The predicted molar refractivity (Wildman–Crippen MR) is 76.0 cm³/mol. The van der Waals surface area contributed by atoms with Gasteiger partial charge in [0.05, 0.1) is 17.1 Å². The zero-order chi connectivity index (χ0) is 14.0. The number of carbonyl (C=O) groups excluding carboxylic acids is 1. The monoisotopic (exact) mass is 265 g/mol. The Labute approximate surface area is 117 Å². The molecule has 1 aromatic heterocycles. The molecule has 0 saturated heterocycles. The zero-order valence-electron chi connectivity index (χ0n) is 11.1. The number of aromatic nitrogens is 1. The van der Waals surface area contributed by atoms with Crippen molar-refractivity contribution in [3.05, 3.63) is 42.1 Å². The van der Waals surface area contributed by atoms with Crippen molar-refractivity contribution < 1.29 is 4.79 Å². The van der Waals surface area contributed by atoms with Crippen LogP contribution in [0.1, 0.15) is 36.0 Å². The fourth-order valence-electron chi connectivity index (χ4n) is 2.82. The molecule has 2 aromatic rings. The van der Waals surface area contributed by atoms with Gasteiger partial charge in [-0.25, -0.2) is 0 Å². The second-order valence-electron chi connectivity index (χ2n) is 5.24. The molecule has 0 spiro atoms. The van der Waals surface area contributed by atoms with Crippen LogP contribution in [-0.4, -0.2) is 16.4 Å². The van der Waals surface area contributed by atoms with E-state index in [2.05, 4.69) is 16.4 Å². The van der Waals surface area contributed by atoms with Crippen LogP contribution in [0.4, 0.5) is 0 Å². The minimum absolute atomic E-state index is 0.210. The average molecular weight is 265 g/mol. The van der Waals surface area contributed by atoms with Crippen molar-refractivity contribution in [2.24, 2.45) is 0 Å². The highest BCUT2D eigenvalue weighted by Gasteiger charge is 2.35. The lowest BCUT2D eigenvalue weighted by atomic mass is 9.98. The lowest BCUT2D eigenvalue weighted by molar-refractivity contribution is 0.0922. The fraction of sp³-hybridized carbons (Fsp3) is 0.312. The molecule has 20 heavy (non-hydrogen) atoms. The van der Waals surface area contributed by atoms with Gasteiger partial charge >= 0.3 is 0 Å². The van der Waals surface area contributed by atoms with E-state index in [-0.39, 0.29) is 5.91 Å². The molecular weight excluding hydrogens is 250 g/mol. The smallest absolute Gasteiger partial charge is 0.254 e. The lowest BCUT2D eigenvalue weighted by Gasteiger charge is -2.22. The van der Waals surface area contributed by atoms with Gasteiger partial charge in [0, 0.05) is 11.6 Å². The Hall–Kier alpha value is -2.41. The van der Waals surface area contributed by atoms with Gasteiger partial charge in [-0.3, -0.25) is 9.78 Å². The second-order valence-corrected chi connectivity index (χ2v) is 5.24. The molecule has 1 saturated carbocycles. The minimum Gasteiger partial charge on any atom is -0.334 e. The van der Waals surface area contributed by atoms with Crippen LogP contribution in [0.5, 0.6) is 0 Å². The van der Waals surface area contributed by atoms with Crippen molar-refractivity contribution in [1.29, 1.82) is 5.26 Å². The fourth-order valence-corrected chi connectivity index (χ4v) is 2.82. The van der Waals surface area contributed by atoms with Crippen LogP contribution in [0.25, 0.3) is 10.9 Å². The Bertz CT molecular complexity index is 691. The molecule has 100 valence electrons. The van der Waals surface area contributed by atoms with E-state index < -0.39 is 5.54 Å². The quantitative estimate of drug-likeness (QED) is 0.908. The normalized spacial score (nSPS) is 16.8. The van der Waals surface area contributed by atoms with Gasteiger partial charge < -0.3 is 5.32 Å². The third kappa shape index (κ3) is 2.12. The number of nitrogens with zero attached hydrogens (tertiary/aromatic N) is 2. The molecule has 1 aliphatic rings. The van der Waals surface area contributed by atoms with Crippen LogP contribution in [0.15, 0.2) is 36.5 Å². The van der Waals surface area contributed by atoms with Crippen LogP contribution in [0, 0.1) is 11.3 Å². The van der Waals surface area contributed by atoms with Crippen LogP contribution in [-0.2, 0) is 0 Å². The van der Waals surface area contributed by atoms with E-state index in [1.807, 2.05) is 24.3 Å². The van der Waals surface area contributed by atoms with Gasteiger partial charge in [-0.1, -0.05) is 18.2 Å². The summed E-state index contributed by atoms with van der Waals surface area (Å²) in [4.78, 5) is 16.8. The number of nitrogens with one attached hydrogen (secondary N) is 1. The van der Waals surface area contributed by atoms with Crippen LogP contribution < -0.4 is 5.32 Å². The van der Waals surface area contributed by atoms with Gasteiger partial charge in [-0.05, 0) is 37.8 Å². The standard InChI is InChI=1S/C16H15N3O/c17-11-16(8-1-2-9-16)19-15(20)13-7-3-5-12-6-4-10-18-14(12)13/h3-7,10H,1-2,8-9H2,(H,19,20). The zero-order valence-corrected chi connectivity index (χ0v) is 11.1. The van der Waals surface area contributed by atoms with Gasteiger partial charge in [0.2, 0.25) is 0 Å². The van der Waals surface area contributed by atoms with Gasteiger partial charge in [-0.15, -0.1) is 0 Å². The van der Waals surface area contributed by atoms with E-state index in [0.717, 1.165) is 31.1 Å². The summed E-state index contributed by atoms with van der Waals surface area (Å²) < 4.78 is 0. The Kier molecular flexibility index (Phi) is 3.11. The van der Waals surface area contributed by atoms with E-state index >= 15 is 0 Å². The SMILES string of the molecule is N#CC1(NC(=O)c2cccc3cccnc23)CCCC1. The molecule has 1 aromatic carbocycles. The Morgan fingerprint density at radius 3 is 2.75 bits per heavy atom. The molecule has 1 fully saturated rings. The summed E-state index contributed by atoms with van der Waals surface area (Å²) >= 11 is 0. The summed E-state index contributed by atoms with van der Waals surface area (Å²) in [7, 11) is 0. The van der Waals surface area contributed by atoms with E-state index in [0.29, 0.717) is 11.1 Å². The number of rotatable bonds is 2. The first-order chi connectivity index (χ1) is 9.74. The van der Waals surface area contributed by atoms with Gasteiger partial charge in [-0.2, -0.15) is 5.26 Å². The van der Waals surface area contributed by atoms with Gasteiger partial charge in [0.1, 0.15) is 5.54 Å². The maximum absolute atomic E-state index is 12.5. The Morgan fingerprint density at radius 1 is 1.25 bits per heavy atom. The van der Waals surface area contributed by atoms with E-state index in [1.54, 1.807) is 12.3 Å². The highest BCUT2D eigenvalue weighted by molar-refractivity contribution is 6.05. The largest absolute Gasteiger partial charge is 0.334 e. The van der Waals surface area contributed by atoms with Crippen LogP contribution in [0.2, 0.25) is 0 Å². The number of carbonyl (C=O) groups is 1. The Balaban J connectivity index is 1.95. The van der Waals surface area contributed by atoms with Crippen molar-refractivity contribution in [1.82, 2.24) is 10.3 Å². The lowest BCUT2D eigenvalue weighted by Crippen LogP contribution is -2.45. The average Bonchev–Trinajstić information content (AvgIpc) is 2.95. The summed E-state index contributed by atoms with van der Waals surface area (Å²) in [5.74, 6) is -0.210. The van der Waals surface area contributed by atoms with Gasteiger partial charge in [0.15, 0.2) is 0 Å². The first-order valence-corrected chi connectivity index (χ1v) is 6.82. The number of pyridine rings is 1. The second kappa shape index (κ2) is 4.93. The van der Waals surface area contributed by atoms with Crippen LogP contribution in [0.3, 0.4) is 0 Å². The molecule has 3 rings (SSSR count). The minimum atomic E-state index is -0.700. The molecule has 0 aliphatic heterocycles. The summed E-state index contributed by atoms with van der Waals surface area (Å²) in [6.07, 6.45) is 5.11. The number of benzene rings is 1. The number of amides is 1. The number of hydrogen-bond donors (Lipinski definition) is 1. The molecule has 0 radical (unpaired) electrons. The van der Waals surface area contributed by atoms with Crippen molar-refractivity contribution in [2.75, 3.05) is 0 Å². The predicted octanol–water partition coefficient (Wildman–Crippen LogP) is 2.80. The van der Waals surface area contributed by atoms with Crippen molar-refractivity contribution in [3.63, 3.8) is 0 Å². The number of nitriles is 1. The van der Waals surface area contributed by atoms with Crippen molar-refractivity contribution >= 4 is 16.8 Å². The Morgan fingerprint density at radius 2 is 2.00 bits per heavy atom. The number of para-hydroxylation sites is 1. The molecule has 1 heterocycles. The first-order valence-electron chi connectivity index (χ1n) is 6.82. The van der Waals surface area contributed by atoms with E-state index in [4.69, 9.17) is 0 Å². The third-order valence-electron chi connectivity index (χ3n) is 3.90. The molecule has 0 unspecified atom stereocenters. The first kappa shape index (κ1) is 12.6. The molecular formula is C16H15N3O. The molecule has 0 bridgehead atoms. The van der Waals surface area contributed by atoms with E-state index in [1.165, 1.54) is 0 Å². The molecule has 1 amide bonds. The van der Waals surface area contributed by atoms with Crippen LogP contribution >= 0.6 is 0 Å². The molecule has 4 heteroatoms. The highest BCUT2D eigenvalue weighted by atomic mass is 16.1. The summed E-state index contributed by atoms with van der Waals surface area (Å²) in [5.41, 5.74) is 0.511. The maximum atomic E-state index is 12.5. The van der Waals surface area contributed by atoms with Crippen molar-refractivity contribution in [3.8, 4) is 6.07 Å². The topological polar surface area (TPSA) is 65.8 Å². The molecule has 4 nitrogen and oxygen atoms in total.